The maximum Gasteiger partial charge on any atom is 0.451 e. The number of aromatic nitrogens is 3. The Bertz CT molecular complexity index is 1110. The highest BCUT2D eigenvalue weighted by Gasteiger charge is 2.76. The normalized spacial score (nSPS) is 26.7. The van der Waals surface area contributed by atoms with E-state index in [1.54, 1.807) is 34.6 Å². The zero-order valence-electron chi connectivity index (χ0n) is 22.3. The van der Waals surface area contributed by atoms with Crippen LogP contribution in [0.25, 0.3) is 0 Å². The highest BCUT2D eigenvalue weighted by atomic mass is 32.2. The van der Waals surface area contributed by atoms with Crippen LogP contribution >= 0.6 is 11.8 Å². The van der Waals surface area contributed by atoms with E-state index in [0.29, 0.717) is 0 Å². The molecule has 12 nitrogen and oxygen atoms in total. The molecule has 218 valence electrons. The molecule has 2 amide bonds. The lowest BCUT2D eigenvalue weighted by Gasteiger charge is -2.33. The number of carbonyl (C=O) groups is 4. The lowest BCUT2D eigenvalue weighted by molar-refractivity contribution is -0.155. The molecular formula is C23H32F3N5O7S. The minimum atomic E-state index is -4.74. The molecule has 0 bridgehead atoms. The lowest BCUT2D eigenvalue weighted by Crippen LogP contribution is -2.61. The summed E-state index contributed by atoms with van der Waals surface area (Å²) in [7, 11) is 0. The Balaban J connectivity index is 1.89. The molecule has 6 atom stereocenters. The first kappa shape index (κ1) is 30.5. The number of H-pyrrole nitrogens is 1. The standard InChI is InChI=1S/C23H32F3N5O7S/c1-7-36-16(33)13-12-11(39-19-28-17(30-31-19)23(24,25)26)9-22(14(12)13,18(34)37-8-2)29-15(32)10(3)27-20(35)38-21(4,5)6/h10-14H,7-9H2,1-6H3,(H,27,35)(H,29,32)(H,28,30,31)/t10-,11+,12-,13-,14-,22-/m0/s1. The monoisotopic (exact) mass is 579 g/mol. The number of rotatable bonds is 9. The molecule has 0 unspecified atom stereocenters. The van der Waals surface area contributed by atoms with Crippen molar-refractivity contribution in [3.05, 3.63) is 5.82 Å². The smallest absolute Gasteiger partial charge is 0.451 e. The predicted octanol–water partition coefficient (Wildman–Crippen LogP) is 2.44. The van der Waals surface area contributed by atoms with Crippen molar-refractivity contribution < 1.29 is 46.6 Å². The SMILES string of the molecule is CCOC(=O)[C@H]1[C@H]2[C@@H]1[C@](NC(=O)[C@H](C)NC(=O)OC(C)(C)C)(C(=O)OCC)C[C@H]2Sc1n[nH]c(C(F)(F)F)n1. The number of ether oxygens (including phenoxy) is 3. The fourth-order valence-electron chi connectivity index (χ4n) is 4.79. The van der Waals surface area contributed by atoms with Crippen molar-refractivity contribution in [2.75, 3.05) is 13.2 Å². The summed E-state index contributed by atoms with van der Waals surface area (Å²) in [6, 6.07) is -1.14. The number of thioether (sulfide) groups is 1. The number of nitrogens with zero attached hydrogens (tertiary/aromatic N) is 2. The average Bonchev–Trinajstić information content (AvgIpc) is 3.22. The number of halogens is 3. The maximum atomic E-state index is 13.3. The molecule has 0 saturated heterocycles. The van der Waals surface area contributed by atoms with Gasteiger partial charge in [-0.3, -0.25) is 14.7 Å². The summed E-state index contributed by atoms with van der Waals surface area (Å²) in [6.07, 6.45) is -5.67. The van der Waals surface area contributed by atoms with Gasteiger partial charge in [0.1, 0.15) is 17.2 Å². The molecular weight excluding hydrogens is 547 g/mol. The van der Waals surface area contributed by atoms with E-state index < -0.39 is 76.1 Å². The summed E-state index contributed by atoms with van der Waals surface area (Å²) in [5, 5.41) is 9.65. The molecule has 2 aliphatic carbocycles. The Morgan fingerprint density at radius 1 is 1.15 bits per heavy atom. The number of carbonyl (C=O) groups excluding carboxylic acids is 4. The number of aromatic amines is 1. The van der Waals surface area contributed by atoms with E-state index in [9.17, 15) is 32.3 Å². The van der Waals surface area contributed by atoms with E-state index in [-0.39, 0.29) is 24.8 Å². The number of nitrogens with one attached hydrogen (secondary N) is 3. The van der Waals surface area contributed by atoms with Crippen LogP contribution in [-0.2, 0) is 34.8 Å². The second-order valence-electron chi connectivity index (χ2n) is 10.3. The first-order valence-corrected chi connectivity index (χ1v) is 13.2. The molecule has 0 aliphatic heterocycles. The number of hydrogen-bond donors (Lipinski definition) is 3. The van der Waals surface area contributed by atoms with Crippen molar-refractivity contribution in [1.29, 1.82) is 0 Å². The van der Waals surface area contributed by atoms with Crippen LogP contribution in [0.1, 0.15) is 53.8 Å². The van der Waals surface area contributed by atoms with E-state index in [0.717, 1.165) is 11.8 Å². The summed E-state index contributed by atoms with van der Waals surface area (Å²) >= 11 is 0.857. The molecule has 2 aliphatic rings. The highest BCUT2D eigenvalue weighted by Crippen LogP contribution is 2.66. The van der Waals surface area contributed by atoms with Crippen LogP contribution in [0.2, 0.25) is 0 Å². The second kappa shape index (κ2) is 11.2. The maximum absolute atomic E-state index is 13.3. The zero-order valence-corrected chi connectivity index (χ0v) is 23.1. The number of amides is 2. The van der Waals surface area contributed by atoms with Gasteiger partial charge in [0.2, 0.25) is 16.9 Å². The molecule has 3 N–H and O–H groups in total. The second-order valence-corrected chi connectivity index (χ2v) is 11.5. The van der Waals surface area contributed by atoms with Crippen LogP contribution in [0.5, 0.6) is 0 Å². The molecule has 2 saturated carbocycles. The zero-order chi connectivity index (χ0) is 29.3. The van der Waals surface area contributed by atoms with Crippen LogP contribution in [0.3, 0.4) is 0 Å². The molecule has 1 heterocycles. The number of alkyl halides is 3. The summed E-state index contributed by atoms with van der Waals surface area (Å²) in [6.45, 7) is 9.56. The third-order valence-corrected chi connectivity index (χ3v) is 7.44. The van der Waals surface area contributed by atoms with Crippen LogP contribution in [0, 0.1) is 17.8 Å². The van der Waals surface area contributed by atoms with Crippen LogP contribution < -0.4 is 10.6 Å². The largest absolute Gasteiger partial charge is 0.466 e. The Kier molecular flexibility index (Phi) is 8.77. The highest BCUT2D eigenvalue weighted by molar-refractivity contribution is 7.99. The topological polar surface area (TPSA) is 162 Å². The molecule has 39 heavy (non-hydrogen) atoms. The average molecular weight is 580 g/mol. The Hall–Kier alpha value is -3.04. The fraction of sp³-hybridized carbons (Fsp3) is 0.739. The van der Waals surface area contributed by atoms with Gasteiger partial charge in [0.25, 0.3) is 0 Å². The molecule has 16 heteroatoms. The van der Waals surface area contributed by atoms with Crippen molar-refractivity contribution in [1.82, 2.24) is 25.8 Å². The van der Waals surface area contributed by atoms with Gasteiger partial charge in [-0.05, 0) is 53.9 Å². The van der Waals surface area contributed by atoms with E-state index in [2.05, 4.69) is 20.7 Å². The van der Waals surface area contributed by atoms with E-state index in [4.69, 9.17) is 14.2 Å². The summed E-state index contributed by atoms with van der Waals surface area (Å²) in [5.74, 6) is -5.57. The van der Waals surface area contributed by atoms with Crippen molar-refractivity contribution >= 4 is 35.7 Å². The third-order valence-electron chi connectivity index (χ3n) is 6.26. The number of esters is 2. The predicted molar refractivity (Wildman–Crippen MR) is 129 cm³/mol. The van der Waals surface area contributed by atoms with Crippen molar-refractivity contribution in [2.45, 2.75) is 81.7 Å². The van der Waals surface area contributed by atoms with Crippen molar-refractivity contribution in [3.63, 3.8) is 0 Å². The summed E-state index contributed by atoms with van der Waals surface area (Å²) < 4.78 is 54.7. The van der Waals surface area contributed by atoms with Gasteiger partial charge in [-0.1, -0.05) is 11.8 Å². The third kappa shape index (κ3) is 6.76. The van der Waals surface area contributed by atoms with Crippen molar-refractivity contribution in [3.8, 4) is 0 Å². The minimum Gasteiger partial charge on any atom is -0.466 e. The quantitative estimate of drug-likeness (QED) is 0.293. The molecule has 1 aromatic rings. The van der Waals surface area contributed by atoms with Gasteiger partial charge in [-0.15, -0.1) is 5.10 Å². The molecule has 2 fully saturated rings. The van der Waals surface area contributed by atoms with Gasteiger partial charge in [0.15, 0.2) is 0 Å². The minimum absolute atomic E-state index is 0.0305. The van der Waals surface area contributed by atoms with Gasteiger partial charge < -0.3 is 24.8 Å². The molecule has 0 radical (unpaired) electrons. The molecule has 1 aromatic heterocycles. The van der Waals surface area contributed by atoms with E-state index in [1.165, 1.54) is 6.92 Å². The number of alkyl carbamates (subject to hydrolysis) is 1. The summed E-state index contributed by atoms with van der Waals surface area (Å²) in [4.78, 5) is 54.9. The Morgan fingerprint density at radius 2 is 1.79 bits per heavy atom. The molecule has 0 spiro atoms. The van der Waals surface area contributed by atoms with Crippen LogP contribution in [0.4, 0.5) is 18.0 Å². The Morgan fingerprint density at radius 3 is 2.33 bits per heavy atom. The van der Waals surface area contributed by atoms with Crippen LogP contribution in [0.15, 0.2) is 5.16 Å². The van der Waals surface area contributed by atoms with Crippen LogP contribution in [-0.4, -0.2) is 74.8 Å². The fourth-order valence-corrected chi connectivity index (χ4v) is 6.14. The van der Waals surface area contributed by atoms with Gasteiger partial charge in [-0.2, -0.15) is 18.2 Å². The van der Waals surface area contributed by atoms with Gasteiger partial charge in [-0.25, -0.2) is 9.59 Å². The first-order chi connectivity index (χ1) is 18.0. The number of fused-ring (bicyclic) bond motifs is 1. The van der Waals surface area contributed by atoms with Crippen molar-refractivity contribution in [2.24, 2.45) is 17.8 Å². The molecule has 3 rings (SSSR count). The Labute approximate surface area is 226 Å². The molecule has 0 aromatic carbocycles. The van der Waals surface area contributed by atoms with E-state index in [1.807, 2.05) is 5.10 Å². The summed E-state index contributed by atoms with van der Waals surface area (Å²) in [5.41, 5.74) is -2.53. The number of hydrogen-bond acceptors (Lipinski definition) is 10. The van der Waals surface area contributed by atoms with Gasteiger partial charge in [0, 0.05) is 11.2 Å². The van der Waals surface area contributed by atoms with Gasteiger partial charge in [0.05, 0.1) is 19.1 Å². The first-order valence-electron chi connectivity index (χ1n) is 12.4. The lowest BCUT2D eigenvalue weighted by atomic mass is 9.89. The van der Waals surface area contributed by atoms with E-state index >= 15 is 0 Å². The van der Waals surface area contributed by atoms with Gasteiger partial charge >= 0.3 is 24.2 Å².